The Bertz CT molecular complexity index is 1020. The molecule has 4 rings (SSSR count). The highest BCUT2D eigenvalue weighted by atomic mass is 32.1. The second-order valence-electron chi connectivity index (χ2n) is 6.90. The van der Waals surface area contributed by atoms with Crippen LogP contribution in [-0.2, 0) is 17.6 Å². The molecule has 0 saturated carbocycles. The summed E-state index contributed by atoms with van der Waals surface area (Å²) in [5.74, 6) is 0.596. The number of hydrogen-bond acceptors (Lipinski definition) is 5. The molecule has 1 aliphatic carbocycles. The van der Waals surface area contributed by atoms with Crippen LogP contribution in [0.25, 0.3) is 10.2 Å². The number of benzene rings is 1. The van der Waals surface area contributed by atoms with E-state index in [2.05, 4.69) is 16.9 Å². The predicted molar refractivity (Wildman–Crippen MR) is 102 cm³/mol. The average Bonchev–Trinajstić information content (AvgIpc) is 3.00. The van der Waals surface area contributed by atoms with Gasteiger partial charge in [0.2, 0.25) is 0 Å². The van der Waals surface area contributed by atoms with E-state index < -0.39 is 12.1 Å². The van der Waals surface area contributed by atoms with Gasteiger partial charge >= 0.3 is 5.97 Å². The van der Waals surface area contributed by atoms with Crippen LogP contribution < -0.4 is 5.56 Å². The van der Waals surface area contributed by atoms with Gasteiger partial charge in [-0.25, -0.2) is 9.78 Å². The van der Waals surface area contributed by atoms with E-state index in [0.717, 1.165) is 29.7 Å². The van der Waals surface area contributed by atoms with Crippen molar-refractivity contribution in [3.05, 3.63) is 62.5 Å². The zero-order valence-electron chi connectivity index (χ0n) is 14.7. The molecule has 0 spiro atoms. The number of ether oxygens (including phenoxy) is 1. The van der Waals surface area contributed by atoms with Crippen LogP contribution in [-0.4, -0.2) is 15.9 Å². The van der Waals surface area contributed by atoms with Gasteiger partial charge in [-0.3, -0.25) is 4.79 Å². The number of aromatic amines is 1. The Kier molecular flexibility index (Phi) is 4.36. The third kappa shape index (κ3) is 3.05. The van der Waals surface area contributed by atoms with E-state index in [1.54, 1.807) is 42.5 Å². The number of carbonyl (C=O) groups is 1. The van der Waals surface area contributed by atoms with Crippen molar-refractivity contribution in [2.45, 2.75) is 39.2 Å². The topological polar surface area (TPSA) is 72.0 Å². The van der Waals surface area contributed by atoms with Crippen LogP contribution in [0.5, 0.6) is 0 Å². The van der Waals surface area contributed by atoms with E-state index in [9.17, 15) is 9.59 Å². The minimum absolute atomic E-state index is 0.139. The molecule has 2 heterocycles. The fourth-order valence-electron chi connectivity index (χ4n) is 3.42. The number of nitrogens with zero attached hydrogens (tertiary/aromatic N) is 1. The number of nitrogens with one attached hydrogen (secondary N) is 1. The lowest BCUT2D eigenvalue weighted by atomic mass is 9.89. The number of rotatable bonds is 3. The summed E-state index contributed by atoms with van der Waals surface area (Å²) in [5.41, 5.74) is 1.49. The van der Waals surface area contributed by atoms with Gasteiger partial charge in [-0.2, -0.15) is 0 Å². The van der Waals surface area contributed by atoms with Crippen molar-refractivity contribution < 1.29 is 9.53 Å². The number of thiophene rings is 1. The molecule has 0 bridgehead atoms. The maximum Gasteiger partial charge on any atom is 0.338 e. The van der Waals surface area contributed by atoms with Crippen molar-refractivity contribution in [1.82, 2.24) is 9.97 Å². The molecule has 1 aliphatic rings. The normalized spacial score (nSPS) is 17.7. The summed E-state index contributed by atoms with van der Waals surface area (Å²) >= 11 is 1.59. The third-order valence-electron chi connectivity index (χ3n) is 4.86. The molecule has 1 aromatic carbocycles. The summed E-state index contributed by atoms with van der Waals surface area (Å²) in [4.78, 5) is 34.3. The third-order valence-corrected chi connectivity index (χ3v) is 6.01. The van der Waals surface area contributed by atoms with Crippen LogP contribution in [0, 0.1) is 5.92 Å². The number of aromatic nitrogens is 2. The van der Waals surface area contributed by atoms with Crippen molar-refractivity contribution in [3.63, 3.8) is 0 Å². The van der Waals surface area contributed by atoms with E-state index in [0.29, 0.717) is 22.7 Å². The van der Waals surface area contributed by atoms with Gasteiger partial charge < -0.3 is 9.72 Å². The van der Waals surface area contributed by atoms with E-state index in [-0.39, 0.29) is 5.56 Å². The van der Waals surface area contributed by atoms with Crippen molar-refractivity contribution in [2.75, 3.05) is 0 Å². The highest BCUT2D eigenvalue weighted by Crippen LogP contribution is 2.36. The highest BCUT2D eigenvalue weighted by Gasteiger charge is 2.24. The SMILES string of the molecule is C[C@H]1CCc2c(sc3nc([C@H](C)OC(=O)c4ccccc4)[nH]c(=O)c23)C1. The van der Waals surface area contributed by atoms with Crippen LogP contribution in [0.15, 0.2) is 35.1 Å². The summed E-state index contributed by atoms with van der Waals surface area (Å²) in [6.07, 6.45) is 2.41. The fourth-order valence-corrected chi connectivity index (χ4v) is 4.81. The number of H-pyrrole nitrogens is 1. The maximum absolute atomic E-state index is 12.6. The first-order valence-electron chi connectivity index (χ1n) is 8.83. The first-order valence-corrected chi connectivity index (χ1v) is 9.65. The minimum Gasteiger partial charge on any atom is -0.451 e. The molecule has 1 N–H and O–H groups in total. The quantitative estimate of drug-likeness (QED) is 0.709. The standard InChI is InChI=1S/C20H20N2O3S/c1-11-8-9-14-15(10-11)26-19-16(14)18(23)21-17(22-19)12(2)25-20(24)13-6-4-3-5-7-13/h3-7,11-12H,8-10H2,1-2H3,(H,21,22,23)/t11-,12-/m0/s1. The number of carbonyl (C=O) groups excluding carboxylic acids is 1. The second kappa shape index (κ2) is 6.68. The van der Waals surface area contributed by atoms with E-state index in [1.165, 1.54) is 4.88 Å². The molecule has 6 heteroatoms. The van der Waals surface area contributed by atoms with Crippen molar-refractivity contribution in [3.8, 4) is 0 Å². The molecule has 0 amide bonds. The Balaban J connectivity index is 1.65. The van der Waals surface area contributed by atoms with E-state index >= 15 is 0 Å². The van der Waals surface area contributed by atoms with E-state index in [1.807, 2.05) is 6.07 Å². The summed E-state index contributed by atoms with van der Waals surface area (Å²) in [7, 11) is 0. The smallest absolute Gasteiger partial charge is 0.338 e. The van der Waals surface area contributed by atoms with Gasteiger partial charge in [0.05, 0.1) is 10.9 Å². The Hall–Kier alpha value is -2.47. The first kappa shape index (κ1) is 17.0. The predicted octanol–water partition coefficient (Wildman–Crippen LogP) is 4.03. The van der Waals surface area contributed by atoms with Gasteiger partial charge in [0.15, 0.2) is 11.9 Å². The molecule has 26 heavy (non-hydrogen) atoms. The maximum atomic E-state index is 12.6. The summed E-state index contributed by atoms with van der Waals surface area (Å²) < 4.78 is 5.48. The van der Waals surface area contributed by atoms with Gasteiger partial charge in [-0.05, 0) is 49.8 Å². The zero-order valence-corrected chi connectivity index (χ0v) is 15.6. The lowest BCUT2D eigenvalue weighted by Gasteiger charge is -2.17. The molecule has 0 unspecified atom stereocenters. The molecular weight excluding hydrogens is 348 g/mol. The molecule has 3 aromatic rings. The fraction of sp³-hybridized carbons (Fsp3) is 0.350. The lowest BCUT2D eigenvalue weighted by molar-refractivity contribution is 0.0320. The molecule has 5 nitrogen and oxygen atoms in total. The monoisotopic (exact) mass is 368 g/mol. The number of aryl methyl sites for hydroxylation is 1. The minimum atomic E-state index is -0.627. The number of fused-ring (bicyclic) bond motifs is 3. The Labute approximate surface area is 155 Å². The van der Waals surface area contributed by atoms with Gasteiger partial charge in [-0.15, -0.1) is 11.3 Å². The van der Waals surface area contributed by atoms with Crippen molar-refractivity contribution in [1.29, 1.82) is 0 Å². The highest BCUT2D eigenvalue weighted by molar-refractivity contribution is 7.18. The van der Waals surface area contributed by atoms with Crippen LogP contribution in [0.1, 0.15) is 53.0 Å². The van der Waals surface area contributed by atoms with Gasteiger partial charge in [0.25, 0.3) is 5.56 Å². The van der Waals surface area contributed by atoms with Crippen molar-refractivity contribution >= 4 is 27.5 Å². The second-order valence-corrected chi connectivity index (χ2v) is 7.98. The average molecular weight is 368 g/mol. The summed E-state index contributed by atoms with van der Waals surface area (Å²) in [6.45, 7) is 3.96. The summed E-state index contributed by atoms with van der Waals surface area (Å²) in [6, 6.07) is 8.80. The molecule has 0 saturated heterocycles. The molecule has 0 fully saturated rings. The van der Waals surface area contributed by atoms with Crippen LogP contribution >= 0.6 is 11.3 Å². The Morgan fingerprint density at radius 3 is 2.88 bits per heavy atom. The Morgan fingerprint density at radius 1 is 1.35 bits per heavy atom. The van der Waals surface area contributed by atoms with Gasteiger partial charge in [-0.1, -0.05) is 25.1 Å². The molecular formula is C20H20N2O3S. The van der Waals surface area contributed by atoms with Crippen LogP contribution in [0.3, 0.4) is 0 Å². The lowest BCUT2D eigenvalue weighted by Crippen LogP contribution is -2.18. The van der Waals surface area contributed by atoms with Crippen molar-refractivity contribution in [2.24, 2.45) is 5.92 Å². The molecule has 0 aliphatic heterocycles. The number of esters is 1. The Morgan fingerprint density at radius 2 is 2.12 bits per heavy atom. The molecule has 0 radical (unpaired) electrons. The largest absolute Gasteiger partial charge is 0.451 e. The van der Waals surface area contributed by atoms with Gasteiger partial charge in [0, 0.05) is 4.88 Å². The van der Waals surface area contributed by atoms with Crippen LogP contribution in [0.4, 0.5) is 0 Å². The molecule has 2 aromatic heterocycles. The van der Waals surface area contributed by atoms with E-state index in [4.69, 9.17) is 4.74 Å². The first-order chi connectivity index (χ1) is 12.5. The molecule has 134 valence electrons. The molecule has 2 atom stereocenters. The summed E-state index contributed by atoms with van der Waals surface area (Å²) in [5, 5.41) is 0.710. The zero-order chi connectivity index (χ0) is 18.3. The number of hydrogen-bond donors (Lipinski definition) is 1. The van der Waals surface area contributed by atoms with Gasteiger partial charge in [0.1, 0.15) is 4.83 Å². The van der Waals surface area contributed by atoms with Crippen LogP contribution in [0.2, 0.25) is 0 Å².